The first-order valence-electron chi connectivity index (χ1n) is 9.05. The summed E-state index contributed by atoms with van der Waals surface area (Å²) in [6.45, 7) is 4.78. The Morgan fingerprint density at radius 3 is 2.46 bits per heavy atom. The molecule has 3 amide bonds. The summed E-state index contributed by atoms with van der Waals surface area (Å²) in [5.74, 6) is -0.729. The van der Waals surface area contributed by atoms with Crippen LogP contribution in [0.15, 0.2) is 18.2 Å². The van der Waals surface area contributed by atoms with Crippen LogP contribution in [0.4, 0.5) is 5.69 Å². The number of amides is 3. The number of nitrogens with one attached hydrogen (secondary N) is 2. The zero-order valence-corrected chi connectivity index (χ0v) is 15.8. The molecule has 1 unspecified atom stereocenters. The van der Waals surface area contributed by atoms with Crippen LogP contribution in [0.1, 0.15) is 30.4 Å². The molecule has 0 aromatic heterocycles. The minimum absolute atomic E-state index is 0.133. The average Bonchev–Trinajstić information content (AvgIpc) is 2.58. The van der Waals surface area contributed by atoms with Gasteiger partial charge in [-0.2, -0.15) is 0 Å². The highest BCUT2D eigenvalue weighted by atomic mass is 16.2. The summed E-state index contributed by atoms with van der Waals surface area (Å²) in [4.78, 5) is 38.8. The van der Waals surface area contributed by atoms with Crippen molar-refractivity contribution >= 4 is 23.4 Å². The number of carbonyl (C=O) groups is 3. The first-order chi connectivity index (χ1) is 12.3. The maximum absolute atomic E-state index is 12.5. The maximum Gasteiger partial charge on any atom is 0.279 e. The van der Waals surface area contributed by atoms with E-state index in [-0.39, 0.29) is 24.9 Å². The van der Waals surface area contributed by atoms with E-state index in [2.05, 4.69) is 5.32 Å². The van der Waals surface area contributed by atoms with Crippen molar-refractivity contribution in [3.63, 3.8) is 0 Å². The van der Waals surface area contributed by atoms with Crippen LogP contribution in [0.3, 0.4) is 0 Å². The minimum atomic E-state index is -0.521. The number of para-hydroxylation sites is 1. The summed E-state index contributed by atoms with van der Waals surface area (Å²) in [5, 5.41) is 2.93. The number of likely N-dealkylation sites (N-methyl/N-ethyl adjacent to an activating group) is 1. The van der Waals surface area contributed by atoms with E-state index in [4.69, 9.17) is 5.73 Å². The van der Waals surface area contributed by atoms with E-state index in [0.29, 0.717) is 13.0 Å². The van der Waals surface area contributed by atoms with Gasteiger partial charge in [0, 0.05) is 12.2 Å². The second-order valence-corrected chi connectivity index (χ2v) is 7.13. The first kappa shape index (κ1) is 19.9. The summed E-state index contributed by atoms with van der Waals surface area (Å²) < 4.78 is 0. The summed E-state index contributed by atoms with van der Waals surface area (Å²) in [6, 6.07) is 5.32. The van der Waals surface area contributed by atoms with Gasteiger partial charge in [0.1, 0.15) is 6.04 Å². The van der Waals surface area contributed by atoms with Crippen molar-refractivity contribution in [1.29, 1.82) is 0 Å². The molecule has 1 aliphatic rings. The van der Waals surface area contributed by atoms with E-state index >= 15 is 0 Å². The molecular weight excluding hydrogens is 332 g/mol. The maximum atomic E-state index is 12.5. The van der Waals surface area contributed by atoms with Crippen molar-refractivity contribution in [2.75, 3.05) is 32.0 Å². The van der Waals surface area contributed by atoms with Crippen molar-refractivity contribution in [3.8, 4) is 0 Å². The number of piperidine rings is 1. The van der Waals surface area contributed by atoms with Crippen molar-refractivity contribution in [3.05, 3.63) is 29.3 Å². The van der Waals surface area contributed by atoms with Crippen molar-refractivity contribution < 1.29 is 19.3 Å². The standard InChI is InChI=1S/C19H28N4O3/c1-13-7-6-8-14(2)18(13)21-16(24)11-22(3)12-17(25)23-10-5-4-9-15(23)19(20)26/h6-8,15H,4-5,9-12H2,1-3H3,(H2,20,26)(H,21,24)/p+1/t15-/m0/s1. The molecule has 0 bridgehead atoms. The van der Waals surface area contributed by atoms with Gasteiger partial charge in [0.05, 0.1) is 7.05 Å². The van der Waals surface area contributed by atoms with Crippen LogP contribution in [0.2, 0.25) is 0 Å². The van der Waals surface area contributed by atoms with E-state index in [1.54, 1.807) is 11.9 Å². The Balaban J connectivity index is 1.91. The monoisotopic (exact) mass is 361 g/mol. The molecule has 0 saturated carbocycles. The van der Waals surface area contributed by atoms with Gasteiger partial charge in [0.25, 0.3) is 11.8 Å². The second kappa shape index (κ2) is 8.80. The molecule has 1 aromatic rings. The van der Waals surface area contributed by atoms with Crippen LogP contribution >= 0.6 is 0 Å². The number of nitrogens with two attached hydrogens (primary N) is 1. The summed E-state index contributed by atoms with van der Waals surface area (Å²) in [6.07, 6.45) is 2.40. The highest BCUT2D eigenvalue weighted by Gasteiger charge is 2.32. The number of benzene rings is 1. The van der Waals surface area contributed by atoms with Gasteiger partial charge in [-0.05, 0) is 44.2 Å². The molecule has 2 atom stereocenters. The lowest BCUT2D eigenvalue weighted by molar-refractivity contribution is -0.862. The van der Waals surface area contributed by atoms with Crippen LogP contribution in [-0.2, 0) is 14.4 Å². The summed E-state index contributed by atoms with van der Waals surface area (Å²) in [7, 11) is 1.80. The third-order valence-corrected chi connectivity index (χ3v) is 4.81. The Hall–Kier alpha value is -2.41. The first-order valence-corrected chi connectivity index (χ1v) is 9.05. The third kappa shape index (κ3) is 5.05. The van der Waals surface area contributed by atoms with Gasteiger partial charge in [-0.15, -0.1) is 0 Å². The SMILES string of the molecule is Cc1cccc(C)c1NC(=O)C[NH+](C)CC(=O)N1CCCC[C@H]1C(N)=O. The summed E-state index contributed by atoms with van der Waals surface area (Å²) >= 11 is 0. The molecule has 0 spiro atoms. The van der Waals surface area contributed by atoms with Crippen molar-refractivity contribution in [2.45, 2.75) is 39.2 Å². The third-order valence-electron chi connectivity index (χ3n) is 4.81. The molecule has 7 nitrogen and oxygen atoms in total. The predicted molar refractivity (Wildman–Crippen MR) is 99.7 cm³/mol. The Morgan fingerprint density at radius 1 is 1.19 bits per heavy atom. The smallest absolute Gasteiger partial charge is 0.279 e. The number of primary amides is 1. The molecule has 1 heterocycles. The van der Waals surface area contributed by atoms with Gasteiger partial charge in [0.2, 0.25) is 5.91 Å². The lowest BCUT2D eigenvalue weighted by Gasteiger charge is -2.33. The molecule has 0 aliphatic carbocycles. The van der Waals surface area contributed by atoms with Gasteiger partial charge < -0.3 is 20.9 Å². The largest absolute Gasteiger partial charge is 0.368 e. The number of likely N-dealkylation sites (tertiary alicyclic amines) is 1. The lowest BCUT2D eigenvalue weighted by Crippen LogP contribution is -3.11. The van der Waals surface area contributed by atoms with Crippen molar-refractivity contribution in [2.24, 2.45) is 5.73 Å². The highest BCUT2D eigenvalue weighted by Crippen LogP contribution is 2.19. The van der Waals surface area contributed by atoms with Gasteiger partial charge in [-0.1, -0.05) is 18.2 Å². The van der Waals surface area contributed by atoms with Gasteiger partial charge in [-0.25, -0.2) is 0 Å². The van der Waals surface area contributed by atoms with Gasteiger partial charge in [0.15, 0.2) is 13.1 Å². The molecular formula is C19H29N4O3+. The van der Waals surface area contributed by atoms with Crippen LogP contribution < -0.4 is 16.0 Å². The second-order valence-electron chi connectivity index (χ2n) is 7.13. The van der Waals surface area contributed by atoms with E-state index in [9.17, 15) is 14.4 Å². The summed E-state index contributed by atoms with van der Waals surface area (Å²) in [5.41, 5.74) is 8.25. The highest BCUT2D eigenvalue weighted by molar-refractivity contribution is 5.93. The molecule has 1 aromatic carbocycles. The lowest BCUT2D eigenvalue weighted by atomic mass is 10.0. The fraction of sp³-hybridized carbons (Fsp3) is 0.526. The molecule has 1 aliphatic heterocycles. The molecule has 142 valence electrons. The number of aryl methyl sites for hydroxylation is 2. The number of nitrogens with zero attached hydrogens (tertiary/aromatic N) is 1. The van der Waals surface area contributed by atoms with Crippen LogP contribution in [0, 0.1) is 13.8 Å². The van der Waals surface area contributed by atoms with E-state index in [0.717, 1.165) is 34.6 Å². The molecule has 7 heteroatoms. The number of rotatable bonds is 6. The molecule has 0 radical (unpaired) electrons. The Kier molecular flexibility index (Phi) is 6.74. The zero-order valence-electron chi connectivity index (χ0n) is 15.8. The molecule has 2 rings (SSSR count). The number of anilines is 1. The Labute approximate surface area is 154 Å². The normalized spacial score (nSPS) is 18.3. The average molecular weight is 361 g/mol. The van der Waals surface area contributed by atoms with E-state index in [1.807, 2.05) is 32.0 Å². The van der Waals surface area contributed by atoms with Crippen LogP contribution in [-0.4, -0.2) is 55.3 Å². The Morgan fingerprint density at radius 2 is 1.85 bits per heavy atom. The molecule has 1 fully saturated rings. The molecule has 4 N–H and O–H groups in total. The van der Waals surface area contributed by atoms with Crippen LogP contribution in [0.25, 0.3) is 0 Å². The van der Waals surface area contributed by atoms with E-state index < -0.39 is 11.9 Å². The number of hydrogen-bond acceptors (Lipinski definition) is 3. The van der Waals surface area contributed by atoms with Crippen molar-refractivity contribution in [1.82, 2.24) is 4.90 Å². The fourth-order valence-electron chi connectivity index (χ4n) is 3.42. The fourth-order valence-corrected chi connectivity index (χ4v) is 3.42. The molecule has 26 heavy (non-hydrogen) atoms. The number of hydrogen-bond donors (Lipinski definition) is 3. The van der Waals surface area contributed by atoms with Crippen LogP contribution in [0.5, 0.6) is 0 Å². The Bertz CT molecular complexity index is 669. The van der Waals surface area contributed by atoms with E-state index in [1.165, 1.54) is 0 Å². The van der Waals surface area contributed by atoms with Gasteiger partial charge in [-0.3, -0.25) is 14.4 Å². The topological polar surface area (TPSA) is 96.9 Å². The zero-order chi connectivity index (χ0) is 19.3. The van der Waals surface area contributed by atoms with Gasteiger partial charge >= 0.3 is 0 Å². The predicted octanol–water partition coefficient (Wildman–Crippen LogP) is -0.377. The minimum Gasteiger partial charge on any atom is -0.368 e. The molecule has 1 saturated heterocycles. The quantitative estimate of drug-likeness (QED) is 0.644. The number of carbonyl (C=O) groups excluding carboxylic acids is 3. The number of quaternary nitrogens is 1.